The second kappa shape index (κ2) is 5.13. The summed E-state index contributed by atoms with van der Waals surface area (Å²) in [7, 11) is -2.02. The molecular formula is C11H14ClFN2O2S. The van der Waals surface area contributed by atoms with Crippen LogP contribution in [0.15, 0.2) is 23.1 Å². The molecule has 0 bridgehead atoms. The fourth-order valence-corrected chi connectivity index (χ4v) is 3.82. The Morgan fingerprint density at radius 1 is 1.50 bits per heavy atom. The van der Waals surface area contributed by atoms with Gasteiger partial charge in [-0.1, -0.05) is 17.7 Å². The van der Waals surface area contributed by atoms with Gasteiger partial charge in [0.15, 0.2) is 5.82 Å². The lowest BCUT2D eigenvalue weighted by Gasteiger charge is -2.17. The Labute approximate surface area is 111 Å². The van der Waals surface area contributed by atoms with Crippen LogP contribution in [0.25, 0.3) is 0 Å². The van der Waals surface area contributed by atoms with Crippen molar-refractivity contribution in [3.05, 3.63) is 29.0 Å². The van der Waals surface area contributed by atoms with E-state index < -0.39 is 15.8 Å². The van der Waals surface area contributed by atoms with Crippen LogP contribution >= 0.6 is 11.6 Å². The SMILES string of the molecule is CNC1CCN(S(=O)(=O)c2cccc(Cl)c2F)C1. The first-order valence-electron chi connectivity index (χ1n) is 5.58. The van der Waals surface area contributed by atoms with E-state index in [2.05, 4.69) is 5.32 Å². The molecule has 1 aromatic carbocycles. The molecule has 0 saturated carbocycles. The zero-order chi connectivity index (χ0) is 13.3. The maximum atomic E-state index is 13.8. The van der Waals surface area contributed by atoms with Crippen LogP contribution in [0.5, 0.6) is 0 Å². The largest absolute Gasteiger partial charge is 0.316 e. The predicted molar refractivity (Wildman–Crippen MR) is 67.6 cm³/mol. The summed E-state index contributed by atoms with van der Waals surface area (Å²) in [6, 6.07) is 4.12. The molecule has 4 nitrogen and oxygen atoms in total. The lowest BCUT2D eigenvalue weighted by atomic mass is 10.3. The fraction of sp³-hybridized carbons (Fsp3) is 0.455. The number of benzene rings is 1. The monoisotopic (exact) mass is 292 g/mol. The predicted octanol–water partition coefficient (Wildman–Crippen LogP) is 1.46. The smallest absolute Gasteiger partial charge is 0.246 e. The Morgan fingerprint density at radius 3 is 2.83 bits per heavy atom. The normalized spacial score (nSPS) is 21.4. The summed E-state index contributed by atoms with van der Waals surface area (Å²) in [5.74, 6) is -0.882. The first kappa shape index (κ1) is 13.7. The quantitative estimate of drug-likeness (QED) is 0.918. The van der Waals surface area contributed by atoms with E-state index in [-0.39, 0.29) is 16.0 Å². The first-order chi connectivity index (χ1) is 8.46. The Bertz CT molecular complexity index is 550. The third-order valence-electron chi connectivity index (χ3n) is 3.09. The van der Waals surface area contributed by atoms with Gasteiger partial charge in [-0.2, -0.15) is 4.31 Å². The number of hydrogen-bond donors (Lipinski definition) is 1. The van der Waals surface area contributed by atoms with Gasteiger partial charge < -0.3 is 5.32 Å². The second-order valence-electron chi connectivity index (χ2n) is 4.19. The number of rotatable bonds is 3. The van der Waals surface area contributed by atoms with Gasteiger partial charge in [0.2, 0.25) is 10.0 Å². The molecule has 18 heavy (non-hydrogen) atoms. The van der Waals surface area contributed by atoms with Gasteiger partial charge in [-0.15, -0.1) is 0 Å². The molecule has 0 radical (unpaired) electrons. The average Bonchev–Trinajstić information content (AvgIpc) is 2.81. The van der Waals surface area contributed by atoms with E-state index in [4.69, 9.17) is 11.6 Å². The van der Waals surface area contributed by atoms with Gasteiger partial charge in [0.05, 0.1) is 5.02 Å². The summed E-state index contributed by atoms with van der Waals surface area (Å²) >= 11 is 5.61. The van der Waals surface area contributed by atoms with Crippen molar-refractivity contribution >= 4 is 21.6 Å². The molecule has 1 aliphatic heterocycles. The molecular weight excluding hydrogens is 279 g/mol. The van der Waals surface area contributed by atoms with Gasteiger partial charge >= 0.3 is 0 Å². The first-order valence-corrected chi connectivity index (χ1v) is 7.40. The lowest BCUT2D eigenvalue weighted by Crippen LogP contribution is -2.33. The van der Waals surface area contributed by atoms with Gasteiger partial charge in [0, 0.05) is 19.1 Å². The van der Waals surface area contributed by atoms with E-state index in [9.17, 15) is 12.8 Å². The summed E-state index contributed by atoms with van der Waals surface area (Å²) in [5, 5.41) is 2.84. The molecule has 0 aromatic heterocycles. The topological polar surface area (TPSA) is 49.4 Å². The van der Waals surface area contributed by atoms with Crippen LogP contribution in [0.4, 0.5) is 4.39 Å². The molecule has 1 unspecified atom stereocenters. The molecule has 1 saturated heterocycles. The third-order valence-corrected chi connectivity index (χ3v) is 5.27. The van der Waals surface area contributed by atoms with Crippen LogP contribution in [-0.4, -0.2) is 38.9 Å². The van der Waals surface area contributed by atoms with Crippen molar-refractivity contribution < 1.29 is 12.8 Å². The average molecular weight is 293 g/mol. The second-order valence-corrected chi connectivity index (χ2v) is 6.50. The Balaban J connectivity index is 2.35. The van der Waals surface area contributed by atoms with E-state index in [0.29, 0.717) is 13.1 Å². The Kier molecular flexibility index (Phi) is 3.91. The van der Waals surface area contributed by atoms with Gasteiger partial charge in [-0.3, -0.25) is 0 Å². The molecule has 1 aromatic rings. The van der Waals surface area contributed by atoms with Crippen molar-refractivity contribution in [1.29, 1.82) is 0 Å². The van der Waals surface area contributed by atoms with Crippen molar-refractivity contribution in [2.24, 2.45) is 0 Å². The molecule has 1 heterocycles. The van der Waals surface area contributed by atoms with Crippen molar-refractivity contribution in [1.82, 2.24) is 9.62 Å². The van der Waals surface area contributed by atoms with Crippen LogP contribution in [0, 0.1) is 5.82 Å². The number of hydrogen-bond acceptors (Lipinski definition) is 3. The van der Waals surface area contributed by atoms with Gasteiger partial charge in [0.25, 0.3) is 0 Å². The summed E-state index contributed by atoms with van der Waals surface area (Å²) in [5.41, 5.74) is 0. The third kappa shape index (κ3) is 2.38. The minimum Gasteiger partial charge on any atom is -0.316 e. The van der Waals surface area contributed by atoms with Crippen molar-refractivity contribution in [2.45, 2.75) is 17.4 Å². The standard InChI is InChI=1S/C11H14ClFN2O2S/c1-14-8-5-6-15(7-8)18(16,17)10-4-2-3-9(12)11(10)13/h2-4,8,14H,5-7H2,1H3. The number of likely N-dealkylation sites (N-methyl/N-ethyl adjacent to an activating group) is 1. The van der Waals surface area contributed by atoms with Gasteiger partial charge in [-0.25, -0.2) is 12.8 Å². The molecule has 0 spiro atoms. The minimum absolute atomic E-state index is 0.113. The van der Waals surface area contributed by atoms with E-state index in [1.165, 1.54) is 22.5 Å². The molecule has 7 heteroatoms. The Morgan fingerprint density at radius 2 is 2.22 bits per heavy atom. The summed E-state index contributed by atoms with van der Waals surface area (Å²) in [4.78, 5) is -0.355. The van der Waals surface area contributed by atoms with E-state index in [1.54, 1.807) is 7.05 Å². The van der Waals surface area contributed by atoms with E-state index in [1.807, 2.05) is 0 Å². The highest BCUT2D eigenvalue weighted by atomic mass is 35.5. The van der Waals surface area contributed by atoms with E-state index in [0.717, 1.165) is 6.42 Å². The summed E-state index contributed by atoms with van der Waals surface area (Å²) in [6.07, 6.45) is 0.720. The maximum absolute atomic E-state index is 13.8. The van der Waals surface area contributed by atoms with Gasteiger partial charge in [-0.05, 0) is 25.6 Å². The number of halogens is 2. The lowest BCUT2D eigenvalue weighted by molar-refractivity contribution is 0.458. The van der Waals surface area contributed by atoms with Crippen LogP contribution < -0.4 is 5.32 Å². The molecule has 1 fully saturated rings. The maximum Gasteiger partial charge on any atom is 0.246 e. The zero-order valence-corrected chi connectivity index (χ0v) is 11.4. The number of sulfonamides is 1. The van der Waals surface area contributed by atoms with Gasteiger partial charge in [0.1, 0.15) is 4.90 Å². The zero-order valence-electron chi connectivity index (χ0n) is 9.86. The van der Waals surface area contributed by atoms with E-state index >= 15 is 0 Å². The van der Waals surface area contributed by atoms with Crippen LogP contribution in [0.3, 0.4) is 0 Å². The fourth-order valence-electron chi connectivity index (χ4n) is 2.00. The highest BCUT2D eigenvalue weighted by Crippen LogP contribution is 2.26. The van der Waals surface area contributed by atoms with Crippen molar-refractivity contribution in [2.75, 3.05) is 20.1 Å². The summed E-state index contributed by atoms with van der Waals surface area (Å²) < 4.78 is 39.6. The molecule has 1 aliphatic rings. The molecule has 1 N–H and O–H groups in total. The number of nitrogens with zero attached hydrogens (tertiary/aromatic N) is 1. The molecule has 0 amide bonds. The van der Waals surface area contributed by atoms with Crippen molar-refractivity contribution in [3.63, 3.8) is 0 Å². The van der Waals surface area contributed by atoms with Crippen LogP contribution in [-0.2, 0) is 10.0 Å². The van der Waals surface area contributed by atoms with Crippen LogP contribution in [0.2, 0.25) is 5.02 Å². The highest BCUT2D eigenvalue weighted by molar-refractivity contribution is 7.89. The van der Waals surface area contributed by atoms with Crippen molar-refractivity contribution in [3.8, 4) is 0 Å². The molecule has 1 atom stereocenters. The summed E-state index contributed by atoms with van der Waals surface area (Å²) in [6.45, 7) is 0.741. The minimum atomic E-state index is -3.80. The van der Waals surface area contributed by atoms with Crippen LogP contribution in [0.1, 0.15) is 6.42 Å². The molecule has 0 aliphatic carbocycles. The molecule has 100 valence electrons. The molecule has 2 rings (SSSR count). The highest BCUT2D eigenvalue weighted by Gasteiger charge is 2.33. The number of nitrogens with one attached hydrogen (secondary N) is 1. The Hall–Kier alpha value is -0.690.